The number of aliphatic imine (C=N–C) groups is 1. The second kappa shape index (κ2) is 8.19. The summed E-state index contributed by atoms with van der Waals surface area (Å²) in [4.78, 5) is 20.8. The molecule has 24 heavy (non-hydrogen) atoms. The highest BCUT2D eigenvalue weighted by atomic mass is 16.3. The van der Waals surface area contributed by atoms with Crippen LogP contribution in [0.3, 0.4) is 0 Å². The van der Waals surface area contributed by atoms with Crippen LogP contribution in [0.25, 0.3) is 0 Å². The van der Waals surface area contributed by atoms with Crippen LogP contribution >= 0.6 is 0 Å². The van der Waals surface area contributed by atoms with Gasteiger partial charge in [-0.3, -0.25) is 9.79 Å². The Bertz CT molecular complexity index is 546. The highest BCUT2D eigenvalue weighted by molar-refractivity contribution is 5.91. The first-order valence-corrected chi connectivity index (χ1v) is 8.55. The van der Waals surface area contributed by atoms with Crippen molar-refractivity contribution in [3.63, 3.8) is 0 Å². The molecule has 1 amide bonds. The van der Waals surface area contributed by atoms with Crippen LogP contribution in [0.5, 0.6) is 0 Å². The molecule has 1 unspecified atom stereocenters. The van der Waals surface area contributed by atoms with Gasteiger partial charge in [0.05, 0.1) is 18.4 Å². The second-order valence-electron chi connectivity index (χ2n) is 6.28. The summed E-state index contributed by atoms with van der Waals surface area (Å²) in [6.07, 6.45) is 2.17. The molecule has 2 rings (SSSR count). The predicted molar refractivity (Wildman–Crippen MR) is 93.1 cm³/mol. The van der Waals surface area contributed by atoms with E-state index in [1.54, 1.807) is 24.0 Å². The molecule has 2 N–H and O–H groups in total. The molecule has 0 saturated carbocycles. The van der Waals surface area contributed by atoms with Crippen LogP contribution in [0.4, 0.5) is 0 Å². The molecule has 1 fully saturated rings. The van der Waals surface area contributed by atoms with E-state index in [0.29, 0.717) is 44.9 Å². The number of nitrogens with one attached hydrogen (secondary N) is 1. The third kappa shape index (κ3) is 4.74. The number of rotatable bonds is 5. The summed E-state index contributed by atoms with van der Waals surface area (Å²) in [5.74, 6) is 1.09. The molecule has 0 aliphatic carbocycles. The molecule has 1 aromatic rings. The second-order valence-corrected chi connectivity index (χ2v) is 6.28. The minimum Gasteiger partial charge on any atom is -0.459 e. The van der Waals surface area contributed by atoms with Gasteiger partial charge in [0.15, 0.2) is 11.7 Å². The highest BCUT2D eigenvalue weighted by Gasteiger charge is 2.25. The molecule has 1 aromatic heterocycles. The lowest BCUT2D eigenvalue weighted by molar-refractivity contribution is 0.0639. The summed E-state index contributed by atoms with van der Waals surface area (Å²) in [6.45, 7) is 9.52. The van der Waals surface area contributed by atoms with Crippen molar-refractivity contribution in [2.45, 2.75) is 32.8 Å². The van der Waals surface area contributed by atoms with E-state index in [0.717, 1.165) is 12.5 Å². The molecule has 0 bridgehead atoms. The Morgan fingerprint density at radius 2 is 2.00 bits per heavy atom. The fourth-order valence-electron chi connectivity index (χ4n) is 2.46. The minimum atomic E-state index is -0.794. The Balaban J connectivity index is 1.95. The Morgan fingerprint density at radius 3 is 2.54 bits per heavy atom. The minimum absolute atomic E-state index is 0.0736. The number of hydrogen-bond donors (Lipinski definition) is 2. The van der Waals surface area contributed by atoms with E-state index < -0.39 is 5.60 Å². The highest BCUT2D eigenvalue weighted by Crippen LogP contribution is 2.11. The van der Waals surface area contributed by atoms with Crippen LogP contribution in [0, 0.1) is 0 Å². The molecule has 2 heterocycles. The van der Waals surface area contributed by atoms with Crippen LogP contribution in [0.15, 0.2) is 27.8 Å². The van der Waals surface area contributed by atoms with E-state index in [4.69, 9.17) is 4.42 Å². The van der Waals surface area contributed by atoms with Gasteiger partial charge in [-0.2, -0.15) is 0 Å². The number of nitrogens with zero attached hydrogens (tertiary/aromatic N) is 3. The van der Waals surface area contributed by atoms with Crippen molar-refractivity contribution in [3.05, 3.63) is 24.2 Å². The third-order valence-corrected chi connectivity index (χ3v) is 4.26. The molecule has 0 aromatic carbocycles. The average molecular weight is 336 g/mol. The summed E-state index contributed by atoms with van der Waals surface area (Å²) in [6, 6.07) is 3.41. The summed E-state index contributed by atoms with van der Waals surface area (Å²) in [5.41, 5.74) is -0.794. The number of piperazine rings is 1. The van der Waals surface area contributed by atoms with Gasteiger partial charge in [-0.1, -0.05) is 6.92 Å². The molecule has 0 spiro atoms. The molecule has 7 nitrogen and oxygen atoms in total. The lowest BCUT2D eigenvalue weighted by atomic mass is 10.1. The number of guanidine groups is 1. The van der Waals surface area contributed by atoms with Crippen molar-refractivity contribution in [1.82, 2.24) is 15.1 Å². The van der Waals surface area contributed by atoms with E-state index in [9.17, 15) is 9.90 Å². The first kappa shape index (κ1) is 18.3. The first-order chi connectivity index (χ1) is 11.5. The Kier molecular flexibility index (Phi) is 6.25. The third-order valence-electron chi connectivity index (χ3n) is 4.26. The molecule has 1 saturated heterocycles. The SMILES string of the molecule is CCNC(=NCC(C)(O)CC)N1CCN(C(=O)c2ccco2)CC1. The Morgan fingerprint density at radius 1 is 1.33 bits per heavy atom. The fourth-order valence-corrected chi connectivity index (χ4v) is 2.46. The molecule has 134 valence electrons. The van der Waals surface area contributed by atoms with Crippen LogP contribution in [0.1, 0.15) is 37.7 Å². The van der Waals surface area contributed by atoms with Gasteiger partial charge >= 0.3 is 0 Å². The summed E-state index contributed by atoms with van der Waals surface area (Å²) < 4.78 is 5.18. The number of carbonyl (C=O) groups is 1. The number of amides is 1. The van der Waals surface area contributed by atoms with Crippen molar-refractivity contribution in [3.8, 4) is 0 Å². The molecule has 7 heteroatoms. The van der Waals surface area contributed by atoms with Crippen molar-refractivity contribution >= 4 is 11.9 Å². The van der Waals surface area contributed by atoms with E-state index in [1.807, 2.05) is 13.8 Å². The topological polar surface area (TPSA) is 81.3 Å². The molecular weight excluding hydrogens is 308 g/mol. The van der Waals surface area contributed by atoms with Crippen molar-refractivity contribution in [1.29, 1.82) is 0 Å². The van der Waals surface area contributed by atoms with Crippen LogP contribution in [0.2, 0.25) is 0 Å². The molecule has 0 radical (unpaired) electrons. The van der Waals surface area contributed by atoms with Crippen molar-refractivity contribution in [2.24, 2.45) is 4.99 Å². The van der Waals surface area contributed by atoms with Gasteiger partial charge in [0, 0.05) is 32.7 Å². The van der Waals surface area contributed by atoms with Crippen LogP contribution in [-0.4, -0.2) is 71.6 Å². The average Bonchev–Trinajstić information content (AvgIpc) is 3.13. The first-order valence-electron chi connectivity index (χ1n) is 8.55. The van der Waals surface area contributed by atoms with E-state index in [1.165, 1.54) is 6.26 Å². The molecular formula is C17H28N4O3. The maximum absolute atomic E-state index is 12.3. The molecule has 1 aliphatic rings. The van der Waals surface area contributed by atoms with Crippen LogP contribution < -0.4 is 5.32 Å². The summed E-state index contributed by atoms with van der Waals surface area (Å²) in [5, 5.41) is 13.4. The Hall–Kier alpha value is -2.02. The zero-order valence-corrected chi connectivity index (χ0v) is 14.8. The number of hydrogen-bond acceptors (Lipinski definition) is 4. The monoisotopic (exact) mass is 336 g/mol. The van der Waals surface area contributed by atoms with Gasteiger partial charge in [0.1, 0.15) is 0 Å². The lowest BCUT2D eigenvalue weighted by Crippen LogP contribution is -2.54. The zero-order chi connectivity index (χ0) is 17.6. The number of aliphatic hydroxyl groups is 1. The van der Waals surface area contributed by atoms with E-state index in [-0.39, 0.29) is 5.91 Å². The van der Waals surface area contributed by atoms with Gasteiger partial charge in [0.2, 0.25) is 0 Å². The zero-order valence-electron chi connectivity index (χ0n) is 14.8. The smallest absolute Gasteiger partial charge is 0.289 e. The largest absolute Gasteiger partial charge is 0.459 e. The van der Waals surface area contributed by atoms with Gasteiger partial charge in [-0.15, -0.1) is 0 Å². The van der Waals surface area contributed by atoms with Crippen molar-refractivity contribution < 1.29 is 14.3 Å². The van der Waals surface area contributed by atoms with Crippen molar-refractivity contribution in [2.75, 3.05) is 39.3 Å². The standard InChI is InChI=1S/C17H28N4O3/c1-4-17(3,23)13-19-16(18-5-2)21-10-8-20(9-11-21)15(22)14-7-6-12-24-14/h6-7,12,23H,4-5,8-11,13H2,1-3H3,(H,18,19). The number of carbonyl (C=O) groups excluding carboxylic acids is 1. The lowest BCUT2D eigenvalue weighted by Gasteiger charge is -2.36. The van der Waals surface area contributed by atoms with Gasteiger partial charge in [0.25, 0.3) is 5.91 Å². The Labute approximate surface area is 143 Å². The van der Waals surface area contributed by atoms with Gasteiger partial charge in [-0.25, -0.2) is 0 Å². The summed E-state index contributed by atoms with van der Waals surface area (Å²) in [7, 11) is 0. The molecule has 1 atom stereocenters. The fraction of sp³-hybridized carbons (Fsp3) is 0.647. The van der Waals surface area contributed by atoms with Gasteiger partial charge < -0.3 is 24.6 Å². The van der Waals surface area contributed by atoms with E-state index >= 15 is 0 Å². The maximum Gasteiger partial charge on any atom is 0.289 e. The summed E-state index contributed by atoms with van der Waals surface area (Å²) >= 11 is 0. The quantitative estimate of drug-likeness (QED) is 0.623. The van der Waals surface area contributed by atoms with Gasteiger partial charge in [-0.05, 0) is 32.4 Å². The maximum atomic E-state index is 12.3. The molecule has 1 aliphatic heterocycles. The van der Waals surface area contributed by atoms with E-state index in [2.05, 4.69) is 15.2 Å². The van der Waals surface area contributed by atoms with Crippen LogP contribution in [-0.2, 0) is 0 Å². The predicted octanol–water partition coefficient (Wildman–Crippen LogP) is 1.16. The normalized spacial score (nSPS) is 18.4. The number of furan rings is 1.